The second-order valence-electron chi connectivity index (χ2n) is 5.90. The van der Waals surface area contributed by atoms with Gasteiger partial charge in [0.2, 0.25) is 0 Å². The van der Waals surface area contributed by atoms with Crippen molar-refractivity contribution in [2.45, 2.75) is 39.7 Å². The quantitative estimate of drug-likeness (QED) is 0.889. The summed E-state index contributed by atoms with van der Waals surface area (Å²) in [7, 11) is 0. The van der Waals surface area contributed by atoms with E-state index in [2.05, 4.69) is 0 Å². The second-order valence-corrected chi connectivity index (χ2v) is 5.90. The number of ether oxygens (including phenoxy) is 1. The van der Waals surface area contributed by atoms with Crippen LogP contribution in [0.25, 0.3) is 11.1 Å². The van der Waals surface area contributed by atoms with Crippen LogP contribution in [0.2, 0.25) is 0 Å². The Morgan fingerprint density at radius 2 is 1.95 bits per heavy atom. The minimum atomic E-state index is -0.0779. The minimum absolute atomic E-state index is 0.0779. The lowest BCUT2D eigenvalue weighted by atomic mass is 9.80. The highest BCUT2D eigenvalue weighted by molar-refractivity contribution is 5.79. The van der Waals surface area contributed by atoms with Gasteiger partial charge in [0.25, 0.3) is 0 Å². The molecule has 2 aromatic carbocycles. The largest absolute Gasteiger partial charge is 0.508 e. The van der Waals surface area contributed by atoms with Crippen LogP contribution in [0.5, 0.6) is 11.5 Å². The third kappa shape index (κ3) is 2.35. The summed E-state index contributed by atoms with van der Waals surface area (Å²) in [6.07, 6.45) is 1.67. The monoisotopic (exact) mass is 298 g/mol. The molecule has 2 N–H and O–H groups in total. The summed E-state index contributed by atoms with van der Waals surface area (Å²) in [5.41, 5.74) is 6.62. The highest BCUT2D eigenvalue weighted by Crippen LogP contribution is 2.43. The minimum Gasteiger partial charge on any atom is -0.508 e. The van der Waals surface area contributed by atoms with Gasteiger partial charge < -0.3 is 14.9 Å². The van der Waals surface area contributed by atoms with Gasteiger partial charge in [-0.1, -0.05) is 6.07 Å². The van der Waals surface area contributed by atoms with Gasteiger partial charge in [-0.05, 0) is 85.2 Å². The van der Waals surface area contributed by atoms with E-state index in [1.807, 2.05) is 32.9 Å². The van der Waals surface area contributed by atoms with Gasteiger partial charge in [-0.2, -0.15) is 0 Å². The zero-order valence-corrected chi connectivity index (χ0v) is 13.3. The average Bonchev–Trinajstić information content (AvgIpc) is 2.49. The average molecular weight is 298 g/mol. The first-order chi connectivity index (χ1) is 10.5. The first kappa shape index (κ1) is 14.9. The van der Waals surface area contributed by atoms with Crippen molar-refractivity contribution in [1.29, 1.82) is 0 Å². The molecule has 0 spiro atoms. The Morgan fingerprint density at radius 3 is 2.68 bits per heavy atom. The molecule has 0 saturated carbocycles. The van der Waals surface area contributed by atoms with Crippen LogP contribution in [0.4, 0.5) is 0 Å². The van der Waals surface area contributed by atoms with E-state index >= 15 is 0 Å². The number of fused-ring (bicyclic) bond motifs is 3. The molecule has 2 aromatic rings. The van der Waals surface area contributed by atoms with Gasteiger partial charge in [0.05, 0.1) is 6.10 Å². The van der Waals surface area contributed by atoms with Crippen LogP contribution in [0.3, 0.4) is 0 Å². The second kappa shape index (κ2) is 5.65. The molecule has 3 nitrogen and oxygen atoms in total. The molecule has 0 fully saturated rings. The summed E-state index contributed by atoms with van der Waals surface area (Å²) >= 11 is 0. The normalized spacial score (nSPS) is 14.3. The summed E-state index contributed by atoms with van der Waals surface area (Å²) < 4.78 is 5.76. The Kier molecular flexibility index (Phi) is 3.83. The molecule has 0 bridgehead atoms. The van der Waals surface area contributed by atoms with Gasteiger partial charge in [0.15, 0.2) is 0 Å². The van der Waals surface area contributed by atoms with Crippen LogP contribution >= 0.6 is 0 Å². The molecule has 0 radical (unpaired) electrons. The van der Waals surface area contributed by atoms with Crippen LogP contribution in [0.1, 0.15) is 42.2 Å². The smallest absolute Gasteiger partial charge is 0.118 e. The van der Waals surface area contributed by atoms with Gasteiger partial charge in [0, 0.05) is 6.61 Å². The maximum absolute atomic E-state index is 10.0. The summed E-state index contributed by atoms with van der Waals surface area (Å²) in [6, 6.07) is 7.39. The molecule has 0 amide bonds. The van der Waals surface area contributed by atoms with E-state index in [0.717, 1.165) is 40.7 Å². The molecule has 1 atom stereocenters. The number of aryl methyl sites for hydroxylation is 1. The number of phenols is 2. The number of benzene rings is 2. The first-order valence-corrected chi connectivity index (χ1v) is 7.82. The molecule has 1 unspecified atom stereocenters. The molecule has 116 valence electrons. The maximum Gasteiger partial charge on any atom is 0.118 e. The molecule has 3 heteroatoms. The highest BCUT2D eigenvalue weighted by Gasteiger charge is 2.24. The Bertz CT molecular complexity index is 719. The van der Waals surface area contributed by atoms with Crippen molar-refractivity contribution in [1.82, 2.24) is 0 Å². The fraction of sp³-hybridized carbons (Fsp3) is 0.368. The van der Waals surface area contributed by atoms with Crippen LogP contribution in [-0.2, 0) is 17.6 Å². The highest BCUT2D eigenvalue weighted by atomic mass is 16.5. The van der Waals surface area contributed by atoms with Gasteiger partial charge in [-0.15, -0.1) is 0 Å². The lowest BCUT2D eigenvalue weighted by Crippen LogP contribution is -2.11. The van der Waals surface area contributed by atoms with Crippen LogP contribution in [-0.4, -0.2) is 16.8 Å². The Balaban J connectivity index is 2.25. The third-order valence-electron chi connectivity index (χ3n) is 4.57. The third-order valence-corrected chi connectivity index (χ3v) is 4.57. The van der Waals surface area contributed by atoms with E-state index in [-0.39, 0.29) is 6.10 Å². The molecule has 0 aromatic heterocycles. The van der Waals surface area contributed by atoms with Crippen molar-refractivity contribution in [3.8, 4) is 22.6 Å². The maximum atomic E-state index is 10.0. The fourth-order valence-corrected chi connectivity index (χ4v) is 3.46. The topological polar surface area (TPSA) is 49.7 Å². The van der Waals surface area contributed by atoms with E-state index in [4.69, 9.17) is 4.74 Å². The van der Waals surface area contributed by atoms with Crippen molar-refractivity contribution in [2.75, 3.05) is 6.61 Å². The van der Waals surface area contributed by atoms with Gasteiger partial charge >= 0.3 is 0 Å². The molecular weight excluding hydrogens is 276 g/mol. The predicted molar refractivity (Wildman–Crippen MR) is 87.4 cm³/mol. The number of phenolic OH excluding ortho intramolecular Hbond substituents is 2. The van der Waals surface area contributed by atoms with Crippen molar-refractivity contribution < 1.29 is 14.9 Å². The molecular formula is C19H22O3. The number of hydrogen-bond donors (Lipinski definition) is 2. The van der Waals surface area contributed by atoms with Crippen molar-refractivity contribution in [3.63, 3.8) is 0 Å². The summed E-state index contributed by atoms with van der Waals surface area (Å²) in [6.45, 7) is 6.58. The number of rotatable bonds is 3. The summed E-state index contributed by atoms with van der Waals surface area (Å²) in [4.78, 5) is 0. The number of hydrogen-bond acceptors (Lipinski definition) is 3. The standard InChI is InChI=1S/C19H22O3/c1-4-22-12(3)17-10-14(20)9-13-5-6-15-11(2)18(21)8-7-16(15)19(13)17/h7-10,12,20-21H,4-6H2,1-3H3. The zero-order chi connectivity index (χ0) is 15.9. The van der Waals surface area contributed by atoms with Crippen molar-refractivity contribution in [3.05, 3.63) is 46.5 Å². The SMILES string of the molecule is CCOC(C)c1cc(O)cc2c1-c1ccc(O)c(C)c1CC2. The van der Waals surface area contributed by atoms with E-state index in [0.29, 0.717) is 18.1 Å². The lowest BCUT2D eigenvalue weighted by Gasteiger charge is -2.27. The zero-order valence-electron chi connectivity index (χ0n) is 13.3. The van der Waals surface area contributed by atoms with Gasteiger partial charge in [-0.3, -0.25) is 0 Å². The van der Waals surface area contributed by atoms with Gasteiger partial charge in [0.1, 0.15) is 11.5 Å². The lowest BCUT2D eigenvalue weighted by molar-refractivity contribution is 0.0765. The molecule has 1 aliphatic rings. The Hall–Kier alpha value is -2.00. The molecule has 22 heavy (non-hydrogen) atoms. The molecule has 1 aliphatic carbocycles. The van der Waals surface area contributed by atoms with E-state index in [1.54, 1.807) is 12.1 Å². The fourth-order valence-electron chi connectivity index (χ4n) is 3.46. The van der Waals surface area contributed by atoms with Crippen LogP contribution in [0.15, 0.2) is 24.3 Å². The van der Waals surface area contributed by atoms with Crippen molar-refractivity contribution >= 4 is 0 Å². The predicted octanol–water partition coefficient (Wildman–Crippen LogP) is 4.27. The van der Waals surface area contributed by atoms with Gasteiger partial charge in [-0.25, -0.2) is 0 Å². The molecule has 0 saturated heterocycles. The summed E-state index contributed by atoms with van der Waals surface area (Å²) in [5.74, 6) is 0.639. The van der Waals surface area contributed by atoms with E-state index < -0.39 is 0 Å². The first-order valence-electron chi connectivity index (χ1n) is 7.82. The molecule has 3 rings (SSSR count). The number of aromatic hydroxyl groups is 2. The molecule has 0 heterocycles. The Labute approximate surface area is 131 Å². The molecule has 0 aliphatic heterocycles. The van der Waals surface area contributed by atoms with E-state index in [1.165, 1.54) is 5.56 Å². The summed E-state index contributed by atoms with van der Waals surface area (Å²) in [5, 5.41) is 20.0. The van der Waals surface area contributed by atoms with Crippen LogP contribution in [0, 0.1) is 6.92 Å². The van der Waals surface area contributed by atoms with E-state index in [9.17, 15) is 10.2 Å². The van der Waals surface area contributed by atoms with Crippen LogP contribution < -0.4 is 0 Å². The Morgan fingerprint density at radius 1 is 1.18 bits per heavy atom. The van der Waals surface area contributed by atoms with Crippen molar-refractivity contribution in [2.24, 2.45) is 0 Å².